The number of carbonyl (C=O) groups is 2. The summed E-state index contributed by atoms with van der Waals surface area (Å²) in [6.45, 7) is 2.50. The highest BCUT2D eigenvalue weighted by molar-refractivity contribution is 6.01. The van der Waals surface area contributed by atoms with E-state index in [1.54, 1.807) is 47.3 Å². The van der Waals surface area contributed by atoms with Crippen molar-refractivity contribution in [2.24, 2.45) is 5.73 Å². The van der Waals surface area contributed by atoms with Gasteiger partial charge in [-0.15, -0.1) is 0 Å². The van der Waals surface area contributed by atoms with E-state index in [1.807, 2.05) is 13.0 Å². The van der Waals surface area contributed by atoms with E-state index in [9.17, 15) is 14.4 Å². The molecule has 11 nitrogen and oxygen atoms in total. The van der Waals surface area contributed by atoms with E-state index in [4.69, 9.17) is 11.5 Å². The van der Waals surface area contributed by atoms with Gasteiger partial charge in [0.05, 0.1) is 11.9 Å². The number of rotatable bonds is 6. The van der Waals surface area contributed by atoms with Crippen LogP contribution < -0.4 is 27.1 Å². The number of pyridine rings is 2. The zero-order valence-corrected chi connectivity index (χ0v) is 19.2. The van der Waals surface area contributed by atoms with Crippen LogP contribution in [0.15, 0.2) is 59.8 Å². The smallest absolute Gasteiger partial charge is 0.319 e. The molecule has 0 aliphatic carbocycles. The van der Waals surface area contributed by atoms with Gasteiger partial charge in [0, 0.05) is 43.4 Å². The molecule has 35 heavy (non-hydrogen) atoms. The maximum atomic E-state index is 12.9. The molecule has 4 aromatic rings. The molecule has 5 N–H and O–H groups in total. The first-order valence-corrected chi connectivity index (χ1v) is 10.8. The fourth-order valence-corrected chi connectivity index (χ4v) is 3.80. The standard InChI is InChI=1S/C24H24N8O3/c1-3-31-20(25)18(23(34)27-2)19(33)17-12-29-21(30-22(17)31)15-6-8-16(9-7-15)32(24(26)35)13-14-5-4-10-28-11-14/h4-12H,3,13,25H2,1-2H3,(H2,26,35)(H,27,34). The van der Waals surface area contributed by atoms with Crippen molar-refractivity contribution < 1.29 is 9.59 Å². The average Bonchev–Trinajstić information content (AvgIpc) is 2.87. The molecule has 0 saturated carbocycles. The van der Waals surface area contributed by atoms with Crippen LogP contribution in [0.4, 0.5) is 16.3 Å². The Kier molecular flexibility index (Phi) is 6.40. The van der Waals surface area contributed by atoms with Crippen LogP contribution in [0.5, 0.6) is 0 Å². The summed E-state index contributed by atoms with van der Waals surface area (Å²) in [4.78, 5) is 51.6. The van der Waals surface area contributed by atoms with Gasteiger partial charge in [-0.1, -0.05) is 6.07 Å². The minimum Gasteiger partial charge on any atom is -0.384 e. The van der Waals surface area contributed by atoms with Crippen LogP contribution in [-0.2, 0) is 13.1 Å². The number of hydrogen-bond donors (Lipinski definition) is 3. The van der Waals surface area contributed by atoms with Crippen molar-refractivity contribution in [1.29, 1.82) is 0 Å². The van der Waals surface area contributed by atoms with Gasteiger partial charge < -0.3 is 21.4 Å². The van der Waals surface area contributed by atoms with Crippen LogP contribution in [0.1, 0.15) is 22.8 Å². The van der Waals surface area contributed by atoms with Gasteiger partial charge in [-0.05, 0) is 42.8 Å². The second kappa shape index (κ2) is 9.59. The maximum absolute atomic E-state index is 12.9. The highest BCUT2D eigenvalue weighted by Gasteiger charge is 2.21. The fourth-order valence-electron chi connectivity index (χ4n) is 3.80. The van der Waals surface area contributed by atoms with Gasteiger partial charge in [0.15, 0.2) is 5.82 Å². The lowest BCUT2D eigenvalue weighted by Gasteiger charge is -2.20. The van der Waals surface area contributed by atoms with Crippen LogP contribution >= 0.6 is 0 Å². The Bertz CT molecular complexity index is 1470. The van der Waals surface area contributed by atoms with Crippen LogP contribution in [-0.4, -0.2) is 38.5 Å². The van der Waals surface area contributed by atoms with Gasteiger partial charge in [0.1, 0.15) is 17.0 Å². The predicted molar refractivity (Wildman–Crippen MR) is 133 cm³/mol. The van der Waals surface area contributed by atoms with E-state index in [1.165, 1.54) is 18.1 Å². The lowest BCUT2D eigenvalue weighted by Crippen LogP contribution is -2.35. The van der Waals surface area contributed by atoms with Crippen molar-refractivity contribution in [3.8, 4) is 11.4 Å². The molecule has 3 amide bonds. The Morgan fingerprint density at radius 1 is 1.14 bits per heavy atom. The summed E-state index contributed by atoms with van der Waals surface area (Å²) >= 11 is 0. The predicted octanol–water partition coefficient (Wildman–Crippen LogP) is 1.90. The average molecular weight is 473 g/mol. The Morgan fingerprint density at radius 2 is 1.89 bits per heavy atom. The minimum absolute atomic E-state index is 0.0387. The number of aromatic nitrogens is 4. The summed E-state index contributed by atoms with van der Waals surface area (Å²) in [6.07, 6.45) is 4.72. The molecule has 0 aliphatic heterocycles. The fraction of sp³-hybridized carbons (Fsp3) is 0.167. The molecule has 0 aliphatic rings. The molecule has 11 heteroatoms. The Labute approximate surface area is 200 Å². The summed E-state index contributed by atoms with van der Waals surface area (Å²) in [5, 5.41) is 2.63. The van der Waals surface area contributed by atoms with Crippen molar-refractivity contribution >= 4 is 34.5 Å². The van der Waals surface area contributed by atoms with Crippen molar-refractivity contribution in [2.75, 3.05) is 17.7 Å². The van der Waals surface area contributed by atoms with Gasteiger partial charge in [0.25, 0.3) is 5.91 Å². The van der Waals surface area contributed by atoms with Gasteiger partial charge in [0.2, 0.25) is 5.43 Å². The minimum atomic E-state index is -0.599. The first-order valence-electron chi connectivity index (χ1n) is 10.8. The molecule has 0 saturated heterocycles. The highest BCUT2D eigenvalue weighted by Crippen LogP contribution is 2.24. The molecule has 1 aromatic carbocycles. The molecular formula is C24H24N8O3. The van der Waals surface area contributed by atoms with E-state index in [0.717, 1.165) is 5.56 Å². The summed E-state index contributed by atoms with van der Waals surface area (Å²) in [5.41, 5.74) is 13.5. The van der Waals surface area contributed by atoms with Crippen LogP contribution in [0.3, 0.4) is 0 Å². The molecule has 3 heterocycles. The maximum Gasteiger partial charge on any atom is 0.319 e. The summed E-state index contributed by atoms with van der Waals surface area (Å²) in [6, 6.07) is 10.0. The van der Waals surface area contributed by atoms with E-state index < -0.39 is 17.4 Å². The first-order chi connectivity index (χ1) is 16.8. The summed E-state index contributed by atoms with van der Waals surface area (Å²) < 4.78 is 1.60. The second-order valence-corrected chi connectivity index (χ2v) is 7.68. The topological polar surface area (TPSA) is 162 Å². The SMILES string of the molecule is CCn1c(N)c(C(=O)NC)c(=O)c2cnc(-c3ccc(N(Cc4cccnc4)C(N)=O)cc3)nc21. The molecule has 0 atom stereocenters. The molecule has 0 bridgehead atoms. The number of primary amides is 1. The van der Waals surface area contributed by atoms with Crippen LogP contribution in [0, 0.1) is 0 Å². The Hall–Kier alpha value is -4.80. The molecule has 0 unspecified atom stereocenters. The molecule has 0 spiro atoms. The number of nitrogen functional groups attached to an aromatic ring is 1. The summed E-state index contributed by atoms with van der Waals surface area (Å²) in [5.74, 6) is -0.172. The Balaban J connectivity index is 1.73. The van der Waals surface area contributed by atoms with Crippen molar-refractivity contribution in [1.82, 2.24) is 24.8 Å². The van der Waals surface area contributed by atoms with E-state index in [2.05, 4.69) is 20.3 Å². The molecule has 0 fully saturated rings. The Morgan fingerprint density at radius 3 is 2.49 bits per heavy atom. The molecule has 0 radical (unpaired) electrons. The third-order valence-corrected chi connectivity index (χ3v) is 5.58. The number of carbonyl (C=O) groups excluding carboxylic acids is 2. The number of amides is 3. The van der Waals surface area contributed by atoms with Crippen molar-refractivity contribution in [2.45, 2.75) is 20.0 Å². The van der Waals surface area contributed by atoms with Crippen LogP contribution in [0.25, 0.3) is 22.4 Å². The number of nitrogens with one attached hydrogen (secondary N) is 1. The van der Waals surface area contributed by atoms with Crippen molar-refractivity contribution in [3.05, 3.63) is 76.3 Å². The number of benzene rings is 1. The van der Waals surface area contributed by atoms with Gasteiger partial charge in [-0.2, -0.15) is 0 Å². The number of nitrogens with two attached hydrogens (primary N) is 2. The summed E-state index contributed by atoms with van der Waals surface area (Å²) in [7, 11) is 1.43. The zero-order chi connectivity index (χ0) is 25.1. The number of nitrogens with zero attached hydrogens (tertiary/aromatic N) is 5. The van der Waals surface area contributed by atoms with Gasteiger partial charge >= 0.3 is 6.03 Å². The number of hydrogen-bond acceptors (Lipinski definition) is 7. The van der Waals surface area contributed by atoms with Crippen molar-refractivity contribution in [3.63, 3.8) is 0 Å². The van der Waals surface area contributed by atoms with E-state index >= 15 is 0 Å². The monoisotopic (exact) mass is 472 g/mol. The lowest BCUT2D eigenvalue weighted by atomic mass is 10.1. The van der Waals surface area contributed by atoms with E-state index in [-0.39, 0.29) is 23.3 Å². The highest BCUT2D eigenvalue weighted by atomic mass is 16.2. The third kappa shape index (κ3) is 4.38. The zero-order valence-electron chi connectivity index (χ0n) is 19.2. The molecule has 4 rings (SSSR count). The van der Waals surface area contributed by atoms with Crippen LogP contribution in [0.2, 0.25) is 0 Å². The lowest BCUT2D eigenvalue weighted by molar-refractivity contribution is 0.0962. The number of fused-ring (bicyclic) bond motifs is 1. The number of anilines is 2. The van der Waals surface area contributed by atoms with Gasteiger partial charge in [-0.3, -0.25) is 19.5 Å². The molecule has 178 valence electrons. The third-order valence-electron chi connectivity index (χ3n) is 5.58. The van der Waals surface area contributed by atoms with E-state index in [0.29, 0.717) is 29.3 Å². The first kappa shape index (κ1) is 23.4. The largest absolute Gasteiger partial charge is 0.384 e. The normalized spacial score (nSPS) is 10.8. The second-order valence-electron chi connectivity index (χ2n) is 7.68. The van der Waals surface area contributed by atoms with Gasteiger partial charge in [-0.25, -0.2) is 14.8 Å². The molecular weight excluding hydrogens is 448 g/mol. The quantitative estimate of drug-likeness (QED) is 0.386. The molecule has 3 aromatic heterocycles. The number of urea groups is 1. The number of aryl methyl sites for hydroxylation is 1.